The fraction of sp³-hybridized carbons (Fsp3) is 0.469. The molecular weight excluding hydrogens is 609 g/mol. The molecule has 2 aromatic carbocycles. The van der Waals surface area contributed by atoms with Crippen LogP contribution in [0, 0.1) is 0 Å². The number of imidazole rings is 1. The maximum absolute atomic E-state index is 14.3. The molecule has 4 heterocycles. The van der Waals surface area contributed by atoms with Crippen molar-refractivity contribution >= 4 is 19.4 Å². The molecule has 0 radical (unpaired) electrons. The van der Waals surface area contributed by atoms with Crippen LogP contribution in [0.15, 0.2) is 48.8 Å². The summed E-state index contributed by atoms with van der Waals surface area (Å²) >= 11 is 0. The highest BCUT2D eigenvalue weighted by atomic mass is 28.4. The first-order valence-corrected chi connectivity index (χ1v) is 17.7. The van der Waals surface area contributed by atoms with Crippen molar-refractivity contribution < 1.29 is 31.1 Å². The number of nitrogens with zero attached hydrogens (tertiary/aromatic N) is 4. The lowest BCUT2D eigenvalue weighted by molar-refractivity contribution is -0.159. The first-order valence-electron chi connectivity index (χ1n) is 14.8. The number of hydrogen-bond donors (Lipinski definition) is 1. The predicted molar refractivity (Wildman–Crippen MR) is 163 cm³/mol. The molecule has 6 rings (SSSR count). The van der Waals surface area contributed by atoms with Gasteiger partial charge in [-0.1, -0.05) is 39.0 Å². The molecule has 3 unspecified atom stereocenters. The summed E-state index contributed by atoms with van der Waals surface area (Å²) in [6, 6.07) is 5.93. The van der Waals surface area contributed by atoms with E-state index in [1.165, 1.54) is 18.2 Å². The molecular formula is C32H36F5N5O2Si. The molecule has 0 spiro atoms. The van der Waals surface area contributed by atoms with Gasteiger partial charge in [0.2, 0.25) is 0 Å². The normalized spacial score (nSPS) is 20.3. The number of fused-ring (bicyclic) bond motifs is 9. The van der Waals surface area contributed by atoms with Crippen LogP contribution in [0.3, 0.4) is 0 Å². The number of hydrogen-bond acceptors (Lipinski definition) is 6. The number of alkyl halides is 5. The van der Waals surface area contributed by atoms with Crippen molar-refractivity contribution in [3.63, 3.8) is 0 Å². The minimum absolute atomic E-state index is 0.0124. The molecule has 1 N–H and O–H groups in total. The quantitative estimate of drug-likeness (QED) is 0.167. The van der Waals surface area contributed by atoms with E-state index in [0.29, 0.717) is 22.7 Å². The average Bonchev–Trinajstić information content (AvgIpc) is 3.39. The lowest BCUT2D eigenvalue weighted by Crippen LogP contribution is -2.46. The molecule has 2 bridgehead atoms. The molecule has 0 saturated heterocycles. The van der Waals surface area contributed by atoms with Crippen molar-refractivity contribution in [2.24, 2.45) is 0 Å². The SMILES string of the molecule is CC(C)(O[Si](C)(C)C(C)(C)C)c1ncc(-c2ccc3nc4n(c3c2)C2CC4NC(C(F)(F)F)c3cccc(OC(F)F)c32)cn1. The largest absolute Gasteiger partial charge is 0.434 e. The van der Waals surface area contributed by atoms with Gasteiger partial charge in [0.25, 0.3) is 0 Å². The fourth-order valence-electron chi connectivity index (χ4n) is 6.24. The van der Waals surface area contributed by atoms with E-state index >= 15 is 0 Å². The van der Waals surface area contributed by atoms with Gasteiger partial charge < -0.3 is 13.7 Å². The summed E-state index contributed by atoms with van der Waals surface area (Å²) in [7, 11) is -2.11. The highest BCUT2D eigenvalue weighted by Crippen LogP contribution is 2.52. The Morgan fingerprint density at radius 3 is 2.29 bits per heavy atom. The molecule has 0 saturated carbocycles. The Kier molecular flexibility index (Phi) is 7.41. The smallest absolute Gasteiger partial charge is 0.407 e. The second kappa shape index (κ2) is 10.6. The van der Waals surface area contributed by atoms with Gasteiger partial charge in [0.15, 0.2) is 14.1 Å². The Morgan fingerprint density at radius 2 is 1.67 bits per heavy atom. The van der Waals surface area contributed by atoms with E-state index < -0.39 is 44.8 Å². The molecule has 13 heteroatoms. The fourth-order valence-corrected chi connectivity index (χ4v) is 7.92. The Labute approximate surface area is 259 Å². The molecule has 2 aromatic heterocycles. The topological polar surface area (TPSA) is 74.1 Å². The third kappa shape index (κ3) is 5.52. The standard InChI is InChI=1S/C32H36F5N5O2Si/c1-30(2,3)45(6,7)44-31(4,5)28-38-15-18(16-39-28)17-11-12-20-22(13-17)42-23-14-21(27(42)41-20)40-26(32(35,36)37)19-9-8-10-24(25(19)23)43-29(33)34/h8-13,15-16,21,23,26,29,40H,14H2,1-7H3. The summed E-state index contributed by atoms with van der Waals surface area (Å²) in [5.41, 5.74) is 1.98. The third-order valence-corrected chi connectivity index (χ3v) is 13.9. The van der Waals surface area contributed by atoms with Crippen LogP contribution in [0.5, 0.6) is 5.75 Å². The molecule has 0 amide bonds. The second-order valence-corrected chi connectivity index (χ2v) is 18.5. The Hall–Kier alpha value is -3.42. The van der Waals surface area contributed by atoms with E-state index in [2.05, 4.69) is 49.1 Å². The van der Waals surface area contributed by atoms with Crippen molar-refractivity contribution in [2.45, 2.75) is 95.7 Å². The number of rotatable bonds is 6. The zero-order valence-corrected chi connectivity index (χ0v) is 27.1. The first-order chi connectivity index (χ1) is 20.9. The maximum atomic E-state index is 14.3. The Balaban J connectivity index is 1.40. The van der Waals surface area contributed by atoms with E-state index in [1.807, 2.05) is 30.5 Å². The lowest BCUT2D eigenvalue weighted by atomic mass is 9.94. The molecule has 2 aliphatic heterocycles. The molecule has 2 aliphatic rings. The van der Waals surface area contributed by atoms with Crippen LogP contribution in [0.2, 0.25) is 18.1 Å². The van der Waals surface area contributed by atoms with Crippen LogP contribution in [0.25, 0.3) is 22.2 Å². The maximum Gasteiger partial charge on any atom is 0.407 e. The third-order valence-electron chi connectivity index (χ3n) is 9.29. The van der Waals surface area contributed by atoms with Gasteiger partial charge in [0.1, 0.15) is 23.2 Å². The molecule has 3 atom stereocenters. The van der Waals surface area contributed by atoms with Gasteiger partial charge in [-0.05, 0) is 67.7 Å². The summed E-state index contributed by atoms with van der Waals surface area (Å²) in [5, 5.41) is 2.72. The summed E-state index contributed by atoms with van der Waals surface area (Å²) in [4.78, 5) is 14.0. The number of benzene rings is 2. The van der Waals surface area contributed by atoms with Crippen molar-refractivity contribution in [1.82, 2.24) is 24.8 Å². The predicted octanol–water partition coefficient (Wildman–Crippen LogP) is 8.59. The van der Waals surface area contributed by atoms with Crippen LogP contribution in [-0.4, -0.2) is 40.6 Å². The Bertz CT molecular complexity index is 1750. The summed E-state index contributed by atoms with van der Waals surface area (Å²) in [6.45, 7) is 11.6. The second-order valence-electron chi connectivity index (χ2n) is 13.8. The van der Waals surface area contributed by atoms with Crippen molar-refractivity contribution in [3.05, 3.63) is 71.6 Å². The van der Waals surface area contributed by atoms with E-state index in [-0.39, 0.29) is 28.3 Å². The van der Waals surface area contributed by atoms with Gasteiger partial charge in [-0.15, -0.1) is 0 Å². The molecule has 45 heavy (non-hydrogen) atoms. The van der Waals surface area contributed by atoms with Crippen molar-refractivity contribution in [1.29, 1.82) is 0 Å². The molecule has 0 fully saturated rings. The van der Waals surface area contributed by atoms with Crippen LogP contribution in [-0.2, 0) is 10.0 Å². The van der Waals surface area contributed by atoms with Crippen molar-refractivity contribution in [3.8, 4) is 16.9 Å². The number of nitrogens with one attached hydrogen (secondary N) is 1. The van der Waals surface area contributed by atoms with Gasteiger partial charge in [-0.3, -0.25) is 5.32 Å². The summed E-state index contributed by atoms with van der Waals surface area (Å²) in [6.07, 6.45) is -1.01. The lowest BCUT2D eigenvalue weighted by Gasteiger charge is -2.42. The van der Waals surface area contributed by atoms with E-state index in [1.54, 1.807) is 18.5 Å². The highest BCUT2D eigenvalue weighted by molar-refractivity contribution is 6.74. The minimum atomic E-state index is -4.66. The van der Waals surface area contributed by atoms with Crippen molar-refractivity contribution in [2.75, 3.05) is 0 Å². The van der Waals surface area contributed by atoms with Crippen LogP contribution in [0.4, 0.5) is 22.0 Å². The van der Waals surface area contributed by atoms with Gasteiger partial charge in [-0.2, -0.15) is 22.0 Å². The molecule has 0 aliphatic carbocycles. The van der Waals surface area contributed by atoms with Gasteiger partial charge >= 0.3 is 12.8 Å². The average molecular weight is 646 g/mol. The molecule has 4 aromatic rings. The molecule has 240 valence electrons. The Morgan fingerprint density at radius 1 is 0.978 bits per heavy atom. The summed E-state index contributed by atoms with van der Waals surface area (Å²) < 4.78 is 82.9. The van der Waals surface area contributed by atoms with Crippen LogP contribution in [0.1, 0.15) is 81.9 Å². The monoisotopic (exact) mass is 645 g/mol. The zero-order valence-electron chi connectivity index (χ0n) is 26.1. The van der Waals surface area contributed by atoms with Crippen LogP contribution >= 0.6 is 0 Å². The minimum Gasteiger partial charge on any atom is -0.434 e. The van der Waals surface area contributed by atoms with E-state index in [4.69, 9.17) is 14.1 Å². The van der Waals surface area contributed by atoms with E-state index in [0.717, 1.165) is 11.1 Å². The van der Waals surface area contributed by atoms with Gasteiger partial charge in [-0.25, -0.2) is 15.0 Å². The van der Waals surface area contributed by atoms with E-state index in [9.17, 15) is 22.0 Å². The highest BCUT2D eigenvalue weighted by Gasteiger charge is 2.50. The van der Waals surface area contributed by atoms with Gasteiger partial charge in [0, 0.05) is 23.5 Å². The number of halogens is 5. The number of ether oxygens (including phenoxy) is 1. The molecule has 7 nitrogen and oxygen atoms in total. The zero-order chi connectivity index (χ0) is 32.7. The summed E-state index contributed by atoms with van der Waals surface area (Å²) in [5.74, 6) is 0.692. The first kappa shape index (κ1) is 31.6. The van der Waals surface area contributed by atoms with Gasteiger partial charge in [0.05, 0.1) is 23.1 Å². The van der Waals surface area contributed by atoms with Crippen LogP contribution < -0.4 is 10.1 Å². The number of aromatic nitrogens is 4.